The lowest BCUT2D eigenvalue weighted by molar-refractivity contribution is -0.142. The molecule has 1 N–H and O–H groups in total. The number of fused-ring (bicyclic) bond motifs is 1. The molecule has 1 saturated carbocycles. The summed E-state index contributed by atoms with van der Waals surface area (Å²) < 4.78 is 5.41. The molecule has 0 bridgehead atoms. The van der Waals surface area contributed by atoms with Gasteiger partial charge in [-0.2, -0.15) is 0 Å². The second-order valence-corrected chi connectivity index (χ2v) is 6.77. The van der Waals surface area contributed by atoms with Gasteiger partial charge in [-0.15, -0.1) is 12.4 Å². The van der Waals surface area contributed by atoms with Gasteiger partial charge >= 0.3 is 5.97 Å². The Morgan fingerprint density at radius 1 is 1.39 bits per heavy atom. The predicted molar refractivity (Wildman–Crippen MR) is 92.6 cm³/mol. The first kappa shape index (κ1) is 18.4. The topological polar surface area (TPSA) is 49.8 Å². The van der Waals surface area contributed by atoms with Gasteiger partial charge in [0.05, 0.1) is 7.11 Å². The van der Waals surface area contributed by atoms with Crippen LogP contribution in [0.4, 0.5) is 0 Å². The number of likely N-dealkylation sites (tertiary alicyclic amines) is 1. The smallest absolute Gasteiger partial charge is 0.320 e. The Bertz CT molecular complexity index is 567. The summed E-state index contributed by atoms with van der Waals surface area (Å²) in [4.78, 5) is 13.8. The zero-order valence-corrected chi connectivity index (χ0v) is 14.8. The highest BCUT2D eigenvalue weighted by atomic mass is 35.5. The van der Waals surface area contributed by atoms with Crippen molar-refractivity contribution >= 4 is 30.0 Å². The molecule has 4 nitrogen and oxygen atoms in total. The van der Waals surface area contributed by atoms with Gasteiger partial charge in [0.25, 0.3) is 0 Å². The highest BCUT2D eigenvalue weighted by Crippen LogP contribution is 2.41. The van der Waals surface area contributed by atoms with E-state index in [0.717, 1.165) is 30.6 Å². The van der Waals surface area contributed by atoms with Gasteiger partial charge in [0.1, 0.15) is 11.8 Å². The van der Waals surface area contributed by atoms with Crippen LogP contribution in [0, 0.1) is 5.92 Å². The SMILES string of the molecule is COc1ccc(Cl)cc1CN1C(C(=O)O)CC2CCCCC21.Cl. The lowest BCUT2D eigenvalue weighted by Gasteiger charge is -2.33. The number of aliphatic carboxylic acids is 1. The Kier molecular flexibility index (Phi) is 6.18. The van der Waals surface area contributed by atoms with E-state index in [4.69, 9.17) is 16.3 Å². The van der Waals surface area contributed by atoms with Crippen LogP contribution in [0.5, 0.6) is 5.75 Å². The van der Waals surface area contributed by atoms with Gasteiger partial charge in [0.15, 0.2) is 0 Å². The van der Waals surface area contributed by atoms with Crippen molar-refractivity contribution in [3.05, 3.63) is 28.8 Å². The van der Waals surface area contributed by atoms with Crippen molar-refractivity contribution < 1.29 is 14.6 Å². The summed E-state index contributed by atoms with van der Waals surface area (Å²) >= 11 is 6.11. The molecule has 2 aliphatic rings. The molecule has 128 valence electrons. The molecule has 2 fully saturated rings. The molecule has 1 heterocycles. The van der Waals surface area contributed by atoms with E-state index in [1.807, 2.05) is 12.1 Å². The van der Waals surface area contributed by atoms with E-state index in [0.29, 0.717) is 23.5 Å². The Labute approximate surface area is 148 Å². The van der Waals surface area contributed by atoms with E-state index in [2.05, 4.69) is 4.90 Å². The lowest BCUT2D eigenvalue weighted by Crippen LogP contribution is -2.41. The minimum Gasteiger partial charge on any atom is -0.496 e. The van der Waals surface area contributed by atoms with Gasteiger partial charge in [-0.25, -0.2) is 0 Å². The van der Waals surface area contributed by atoms with Crippen molar-refractivity contribution in [1.82, 2.24) is 4.90 Å². The zero-order chi connectivity index (χ0) is 15.7. The van der Waals surface area contributed by atoms with Crippen LogP contribution in [0.1, 0.15) is 37.7 Å². The van der Waals surface area contributed by atoms with E-state index < -0.39 is 12.0 Å². The molecule has 0 radical (unpaired) electrons. The summed E-state index contributed by atoms with van der Waals surface area (Å²) in [6.45, 7) is 0.585. The van der Waals surface area contributed by atoms with E-state index in [1.165, 1.54) is 12.8 Å². The number of hydrogen-bond donors (Lipinski definition) is 1. The highest BCUT2D eigenvalue weighted by molar-refractivity contribution is 6.30. The van der Waals surface area contributed by atoms with Gasteiger partial charge in [-0.05, 0) is 43.4 Å². The maximum atomic E-state index is 11.7. The molecule has 6 heteroatoms. The van der Waals surface area contributed by atoms with Crippen LogP contribution < -0.4 is 4.74 Å². The third kappa shape index (κ3) is 3.76. The Morgan fingerprint density at radius 3 is 2.83 bits per heavy atom. The van der Waals surface area contributed by atoms with Crippen LogP contribution >= 0.6 is 24.0 Å². The Morgan fingerprint density at radius 2 is 2.13 bits per heavy atom. The van der Waals surface area contributed by atoms with Crippen molar-refractivity contribution in [2.45, 2.75) is 50.7 Å². The van der Waals surface area contributed by atoms with E-state index >= 15 is 0 Å². The van der Waals surface area contributed by atoms with Crippen LogP contribution in [-0.4, -0.2) is 35.2 Å². The maximum absolute atomic E-state index is 11.7. The van der Waals surface area contributed by atoms with Crippen molar-refractivity contribution in [2.75, 3.05) is 7.11 Å². The molecule has 1 aliphatic carbocycles. The summed E-state index contributed by atoms with van der Waals surface area (Å²) in [5, 5.41) is 10.2. The molecule has 23 heavy (non-hydrogen) atoms. The number of hydrogen-bond acceptors (Lipinski definition) is 3. The van der Waals surface area contributed by atoms with Crippen LogP contribution in [-0.2, 0) is 11.3 Å². The minimum absolute atomic E-state index is 0. The molecule has 3 unspecified atom stereocenters. The molecule has 0 aromatic heterocycles. The molecule has 0 spiro atoms. The van der Waals surface area contributed by atoms with Crippen LogP contribution in [0.2, 0.25) is 5.02 Å². The second-order valence-electron chi connectivity index (χ2n) is 6.33. The standard InChI is InChI=1S/C17H22ClNO3.ClH/c1-22-16-7-6-13(18)8-12(16)10-19-14-5-3-2-4-11(14)9-15(19)17(20)21;/h6-8,11,14-15H,2-5,9-10H2,1H3,(H,20,21);1H. The van der Waals surface area contributed by atoms with Crippen LogP contribution in [0.3, 0.4) is 0 Å². The second kappa shape index (κ2) is 7.73. The number of rotatable bonds is 4. The van der Waals surface area contributed by atoms with Gasteiger partial charge < -0.3 is 9.84 Å². The normalized spacial score (nSPS) is 27.1. The van der Waals surface area contributed by atoms with Crippen molar-refractivity contribution in [1.29, 1.82) is 0 Å². The number of carboxylic acids is 1. The molecule has 3 rings (SSSR count). The zero-order valence-electron chi connectivity index (χ0n) is 13.2. The first-order valence-electron chi connectivity index (χ1n) is 7.91. The number of methoxy groups -OCH3 is 1. The number of benzene rings is 1. The van der Waals surface area contributed by atoms with Crippen molar-refractivity contribution in [3.63, 3.8) is 0 Å². The Hall–Kier alpha value is -0.970. The summed E-state index contributed by atoms with van der Waals surface area (Å²) in [6.07, 6.45) is 5.43. The van der Waals surface area contributed by atoms with Gasteiger partial charge in [0, 0.05) is 23.2 Å². The fourth-order valence-electron chi connectivity index (χ4n) is 4.09. The van der Waals surface area contributed by atoms with Crippen molar-refractivity contribution in [2.24, 2.45) is 5.92 Å². The largest absolute Gasteiger partial charge is 0.496 e. The first-order valence-corrected chi connectivity index (χ1v) is 8.29. The fraction of sp³-hybridized carbons (Fsp3) is 0.588. The number of halogens is 2. The summed E-state index contributed by atoms with van der Waals surface area (Å²) in [7, 11) is 1.63. The summed E-state index contributed by atoms with van der Waals surface area (Å²) in [6, 6.07) is 5.51. The summed E-state index contributed by atoms with van der Waals surface area (Å²) in [5.74, 6) is 0.572. The van der Waals surface area contributed by atoms with Crippen molar-refractivity contribution in [3.8, 4) is 5.75 Å². The Balaban J connectivity index is 0.00000192. The van der Waals surface area contributed by atoms with Gasteiger partial charge in [-0.3, -0.25) is 9.69 Å². The fourth-order valence-corrected chi connectivity index (χ4v) is 4.29. The third-order valence-electron chi connectivity index (χ3n) is 5.10. The molecule has 1 saturated heterocycles. The number of carboxylic acid groups (broad SMARTS) is 1. The van der Waals surface area contributed by atoms with E-state index in [-0.39, 0.29) is 12.4 Å². The summed E-state index contributed by atoms with van der Waals surface area (Å²) in [5.41, 5.74) is 0.965. The molecule has 0 amide bonds. The van der Waals surface area contributed by atoms with Crippen LogP contribution in [0.15, 0.2) is 18.2 Å². The molecule has 3 atom stereocenters. The van der Waals surface area contributed by atoms with Gasteiger partial charge in [0.2, 0.25) is 0 Å². The number of carbonyl (C=O) groups is 1. The average molecular weight is 360 g/mol. The molecule has 1 aromatic rings. The quantitative estimate of drug-likeness (QED) is 0.882. The molecule has 1 aliphatic heterocycles. The number of nitrogens with zero attached hydrogens (tertiary/aromatic N) is 1. The lowest BCUT2D eigenvalue weighted by atomic mass is 9.84. The molecular formula is C17H23Cl2NO3. The predicted octanol–water partition coefficient (Wildman–Crippen LogP) is 3.99. The molecule has 1 aromatic carbocycles. The number of ether oxygens (including phenoxy) is 1. The van der Waals surface area contributed by atoms with Crippen LogP contribution in [0.25, 0.3) is 0 Å². The third-order valence-corrected chi connectivity index (χ3v) is 5.34. The van der Waals surface area contributed by atoms with E-state index in [9.17, 15) is 9.90 Å². The monoisotopic (exact) mass is 359 g/mol. The maximum Gasteiger partial charge on any atom is 0.320 e. The average Bonchev–Trinajstić information content (AvgIpc) is 2.87. The van der Waals surface area contributed by atoms with E-state index in [1.54, 1.807) is 13.2 Å². The first-order chi connectivity index (χ1) is 10.6. The highest BCUT2D eigenvalue weighted by Gasteiger charge is 2.45. The minimum atomic E-state index is -0.713. The van der Waals surface area contributed by atoms with Gasteiger partial charge in [-0.1, -0.05) is 24.4 Å². The molecular weight excluding hydrogens is 337 g/mol.